The van der Waals surface area contributed by atoms with Crippen LogP contribution in [-0.2, 0) is 0 Å². The molecule has 1 N–H and O–H groups in total. The zero-order valence-electron chi connectivity index (χ0n) is 21.2. The van der Waals surface area contributed by atoms with E-state index in [-0.39, 0.29) is 5.91 Å². The van der Waals surface area contributed by atoms with Crippen LogP contribution in [0.4, 0.5) is 17.2 Å². The molecule has 4 aromatic rings. The van der Waals surface area contributed by atoms with E-state index < -0.39 is 0 Å². The summed E-state index contributed by atoms with van der Waals surface area (Å²) in [5.74, 6) is 2.67. The maximum atomic E-state index is 13.4. The molecule has 1 amide bonds. The number of rotatable bonds is 7. The molecule has 37 heavy (non-hydrogen) atoms. The van der Waals surface area contributed by atoms with Crippen molar-refractivity contribution in [3.63, 3.8) is 0 Å². The first kappa shape index (κ1) is 24.2. The number of hydrogen-bond acceptors (Lipinski definition) is 7. The third-order valence-corrected chi connectivity index (χ3v) is 6.68. The van der Waals surface area contributed by atoms with Gasteiger partial charge in [-0.25, -0.2) is 4.98 Å². The van der Waals surface area contributed by atoms with Crippen molar-refractivity contribution in [3.05, 3.63) is 78.5 Å². The maximum Gasteiger partial charge on any atom is 0.257 e. The Hall–Kier alpha value is -4.46. The summed E-state index contributed by atoms with van der Waals surface area (Å²) >= 11 is 0. The van der Waals surface area contributed by atoms with E-state index in [1.807, 2.05) is 42.5 Å². The number of ether oxygens (including phenoxy) is 3. The predicted octanol–water partition coefficient (Wildman–Crippen LogP) is 4.84. The van der Waals surface area contributed by atoms with Gasteiger partial charge in [-0.05, 0) is 29.7 Å². The zero-order chi connectivity index (χ0) is 25.8. The van der Waals surface area contributed by atoms with Crippen molar-refractivity contribution in [2.75, 3.05) is 62.6 Å². The minimum Gasteiger partial charge on any atom is -0.497 e. The van der Waals surface area contributed by atoms with Crippen molar-refractivity contribution in [1.29, 1.82) is 0 Å². The minimum absolute atomic E-state index is 0.261. The van der Waals surface area contributed by atoms with Crippen LogP contribution in [0.25, 0.3) is 10.8 Å². The Bertz CT molecular complexity index is 1420. The van der Waals surface area contributed by atoms with Crippen molar-refractivity contribution in [2.24, 2.45) is 0 Å². The van der Waals surface area contributed by atoms with Gasteiger partial charge in [-0.15, -0.1) is 0 Å². The summed E-state index contributed by atoms with van der Waals surface area (Å²) in [6.07, 6.45) is 1.66. The number of para-hydroxylation sites is 2. The van der Waals surface area contributed by atoms with Crippen LogP contribution < -0.4 is 29.3 Å². The highest BCUT2D eigenvalue weighted by atomic mass is 16.5. The van der Waals surface area contributed by atoms with E-state index in [1.54, 1.807) is 45.7 Å². The molecule has 1 aromatic heterocycles. The van der Waals surface area contributed by atoms with Gasteiger partial charge in [0.05, 0.1) is 38.3 Å². The van der Waals surface area contributed by atoms with Crippen LogP contribution in [-0.4, -0.2) is 58.4 Å². The molecule has 3 aromatic carbocycles. The lowest BCUT2D eigenvalue weighted by atomic mass is 10.1. The van der Waals surface area contributed by atoms with E-state index in [0.29, 0.717) is 22.7 Å². The molecule has 1 saturated heterocycles. The number of benzene rings is 3. The second-order valence-electron chi connectivity index (χ2n) is 8.71. The highest BCUT2D eigenvalue weighted by Gasteiger charge is 2.23. The number of methoxy groups -OCH3 is 3. The molecule has 1 aliphatic heterocycles. The van der Waals surface area contributed by atoms with Gasteiger partial charge in [0, 0.05) is 43.8 Å². The Kier molecular flexibility index (Phi) is 6.98. The van der Waals surface area contributed by atoms with Crippen LogP contribution in [0.2, 0.25) is 0 Å². The largest absolute Gasteiger partial charge is 0.497 e. The number of piperazine rings is 1. The molecule has 1 fully saturated rings. The first-order valence-corrected chi connectivity index (χ1v) is 12.2. The van der Waals surface area contributed by atoms with Gasteiger partial charge in [-0.3, -0.25) is 4.79 Å². The summed E-state index contributed by atoms with van der Waals surface area (Å²) in [7, 11) is 4.85. The molecule has 0 saturated carbocycles. The summed E-state index contributed by atoms with van der Waals surface area (Å²) in [6, 6.07) is 21.3. The smallest absolute Gasteiger partial charge is 0.257 e. The summed E-state index contributed by atoms with van der Waals surface area (Å²) in [6.45, 7) is 3.30. The van der Waals surface area contributed by atoms with Gasteiger partial charge in [0.15, 0.2) is 0 Å². The highest BCUT2D eigenvalue weighted by Crippen LogP contribution is 2.33. The standard InChI is InChI=1S/C29H30N4O4/c1-35-20-12-13-26(36-2)24(18-20)31-29(34)23-19-30-28(22-9-5-4-8-21(22)23)33-16-14-32(15-17-33)25-10-6-7-11-27(25)37-3/h4-13,18-19H,14-17H2,1-3H3,(H,31,34). The fourth-order valence-corrected chi connectivity index (χ4v) is 4.76. The zero-order valence-corrected chi connectivity index (χ0v) is 21.2. The molecule has 2 heterocycles. The van der Waals surface area contributed by atoms with E-state index in [1.165, 1.54) is 0 Å². The highest BCUT2D eigenvalue weighted by molar-refractivity contribution is 6.14. The Morgan fingerprint density at radius 2 is 1.46 bits per heavy atom. The second kappa shape index (κ2) is 10.7. The topological polar surface area (TPSA) is 76.2 Å². The summed E-state index contributed by atoms with van der Waals surface area (Å²) < 4.78 is 16.3. The SMILES string of the molecule is COc1ccc(OC)c(NC(=O)c2cnc(N3CCN(c4ccccc4OC)CC3)c3ccccc23)c1. The first-order valence-electron chi connectivity index (χ1n) is 12.2. The molecule has 0 bridgehead atoms. The van der Waals surface area contributed by atoms with E-state index >= 15 is 0 Å². The van der Waals surface area contributed by atoms with Gasteiger partial charge in [-0.1, -0.05) is 36.4 Å². The number of carbonyl (C=O) groups excluding carboxylic acids is 1. The Morgan fingerprint density at radius 1 is 0.784 bits per heavy atom. The molecule has 0 radical (unpaired) electrons. The van der Waals surface area contributed by atoms with Crippen molar-refractivity contribution in [2.45, 2.75) is 0 Å². The lowest BCUT2D eigenvalue weighted by molar-refractivity contribution is 0.102. The van der Waals surface area contributed by atoms with E-state index in [9.17, 15) is 4.79 Å². The van der Waals surface area contributed by atoms with E-state index in [2.05, 4.69) is 21.2 Å². The van der Waals surface area contributed by atoms with Crippen LogP contribution in [0.5, 0.6) is 17.2 Å². The van der Waals surface area contributed by atoms with Crippen LogP contribution in [0.3, 0.4) is 0 Å². The summed E-state index contributed by atoms with van der Waals surface area (Å²) in [5.41, 5.74) is 2.13. The second-order valence-corrected chi connectivity index (χ2v) is 8.71. The van der Waals surface area contributed by atoms with E-state index in [0.717, 1.165) is 54.2 Å². The number of nitrogens with one attached hydrogen (secondary N) is 1. The molecule has 0 unspecified atom stereocenters. The number of amides is 1. The van der Waals surface area contributed by atoms with Crippen molar-refractivity contribution >= 4 is 33.9 Å². The number of hydrogen-bond donors (Lipinski definition) is 1. The number of aromatic nitrogens is 1. The number of nitrogens with zero attached hydrogens (tertiary/aromatic N) is 3. The third-order valence-electron chi connectivity index (χ3n) is 6.68. The molecular weight excluding hydrogens is 468 g/mol. The van der Waals surface area contributed by atoms with Gasteiger partial charge in [0.2, 0.25) is 0 Å². The van der Waals surface area contributed by atoms with Crippen LogP contribution >= 0.6 is 0 Å². The molecular formula is C29H30N4O4. The van der Waals surface area contributed by atoms with Crippen molar-refractivity contribution < 1.29 is 19.0 Å². The fourth-order valence-electron chi connectivity index (χ4n) is 4.76. The number of anilines is 3. The summed E-state index contributed by atoms with van der Waals surface area (Å²) in [5, 5.41) is 4.75. The molecule has 0 aliphatic carbocycles. The Morgan fingerprint density at radius 3 is 2.19 bits per heavy atom. The van der Waals surface area contributed by atoms with Gasteiger partial charge in [0.25, 0.3) is 5.91 Å². The lowest BCUT2D eigenvalue weighted by Gasteiger charge is -2.37. The van der Waals surface area contributed by atoms with Crippen LogP contribution in [0.15, 0.2) is 72.9 Å². The normalized spacial score (nSPS) is 13.4. The van der Waals surface area contributed by atoms with Gasteiger partial charge >= 0.3 is 0 Å². The molecule has 0 spiro atoms. The average molecular weight is 499 g/mol. The maximum absolute atomic E-state index is 13.4. The van der Waals surface area contributed by atoms with Gasteiger partial charge < -0.3 is 29.3 Å². The first-order chi connectivity index (χ1) is 18.1. The molecule has 5 rings (SSSR count). The number of carbonyl (C=O) groups is 1. The van der Waals surface area contributed by atoms with E-state index in [4.69, 9.17) is 19.2 Å². The van der Waals surface area contributed by atoms with Gasteiger partial charge in [-0.2, -0.15) is 0 Å². The number of fused-ring (bicyclic) bond motifs is 1. The van der Waals surface area contributed by atoms with Gasteiger partial charge in [0.1, 0.15) is 23.1 Å². The minimum atomic E-state index is -0.261. The summed E-state index contributed by atoms with van der Waals surface area (Å²) in [4.78, 5) is 22.7. The van der Waals surface area contributed by atoms with Crippen LogP contribution in [0, 0.1) is 0 Å². The fraction of sp³-hybridized carbons (Fsp3) is 0.241. The molecule has 190 valence electrons. The number of pyridine rings is 1. The molecule has 8 nitrogen and oxygen atoms in total. The van der Waals surface area contributed by atoms with Crippen molar-refractivity contribution in [3.8, 4) is 17.2 Å². The average Bonchev–Trinajstić information content (AvgIpc) is 2.96. The lowest BCUT2D eigenvalue weighted by Crippen LogP contribution is -2.47. The quantitative estimate of drug-likeness (QED) is 0.391. The Balaban J connectivity index is 1.40. The Labute approximate surface area is 216 Å². The van der Waals surface area contributed by atoms with Crippen LogP contribution in [0.1, 0.15) is 10.4 Å². The third kappa shape index (κ3) is 4.82. The molecule has 8 heteroatoms. The van der Waals surface area contributed by atoms with Crippen molar-refractivity contribution in [1.82, 2.24) is 4.98 Å². The monoisotopic (exact) mass is 498 g/mol. The predicted molar refractivity (Wildman–Crippen MR) is 147 cm³/mol. The molecule has 1 aliphatic rings. The molecule has 0 atom stereocenters.